The number of hydrogen-bond acceptors (Lipinski definition) is 9. The van der Waals surface area contributed by atoms with Crippen LogP contribution in [0.3, 0.4) is 0 Å². The van der Waals surface area contributed by atoms with Crippen LogP contribution >= 0.6 is 0 Å². The van der Waals surface area contributed by atoms with Gasteiger partial charge in [-0.1, -0.05) is 0 Å². The fourth-order valence-electron chi connectivity index (χ4n) is 6.49. The lowest BCUT2D eigenvalue weighted by Gasteiger charge is -2.30. The minimum atomic E-state index is -0.376. The Kier molecular flexibility index (Phi) is 8.22. The van der Waals surface area contributed by atoms with Crippen molar-refractivity contribution in [1.29, 1.82) is 0 Å². The summed E-state index contributed by atoms with van der Waals surface area (Å²) in [7, 11) is 3.15. The van der Waals surface area contributed by atoms with Gasteiger partial charge in [-0.15, -0.1) is 0 Å². The van der Waals surface area contributed by atoms with Gasteiger partial charge < -0.3 is 27.8 Å². The molecule has 3 aromatic heterocycles. The predicted molar refractivity (Wildman–Crippen MR) is 173 cm³/mol. The van der Waals surface area contributed by atoms with E-state index in [4.69, 9.17) is 27.8 Å². The van der Waals surface area contributed by atoms with Crippen molar-refractivity contribution in [1.82, 2.24) is 4.98 Å². The van der Waals surface area contributed by atoms with Crippen molar-refractivity contribution in [2.24, 2.45) is 0 Å². The number of aromatic nitrogens is 1. The lowest BCUT2D eigenvalue weighted by atomic mass is 9.89. The normalized spacial score (nSPS) is 19.2. The first-order valence-electron chi connectivity index (χ1n) is 15.7. The number of nitrogens with zero attached hydrogens (tertiary/aromatic N) is 1. The third kappa shape index (κ3) is 5.85. The van der Waals surface area contributed by atoms with Gasteiger partial charge in [0.1, 0.15) is 46.4 Å². The van der Waals surface area contributed by atoms with Crippen molar-refractivity contribution in [2.45, 2.75) is 63.6 Å². The van der Waals surface area contributed by atoms with Gasteiger partial charge in [0.25, 0.3) is 0 Å². The summed E-state index contributed by atoms with van der Waals surface area (Å²) < 4.78 is 33.7. The summed E-state index contributed by atoms with van der Waals surface area (Å²) in [5.41, 5.74) is 4.26. The summed E-state index contributed by atoms with van der Waals surface area (Å²) in [6.07, 6.45) is 16.1. The Hall–Kier alpha value is -5.05. The number of rotatable bonds is 4. The first-order chi connectivity index (χ1) is 22.5. The van der Waals surface area contributed by atoms with E-state index in [1.54, 1.807) is 50.9 Å². The molecule has 1 aromatic carbocycles. The minimum Gasteiger partial charge on any atom is -0.493 e. The van der Waals surface area contributed by atoms with Gasteiger partial charge in [-0.2, -0.15) is 0 Å². The third-order valence-electron chi connectivity index (χ3n) is 8.90. The summed E-state index contributed by atoms with van der Waals surface area (Å²) >= 11 is 0. The van der Waals surface area contributed by atoms with E-state index in [9.17, 15) is 9.59 Å². The molecule has 4 aromatic rings. The molecular formula is C37H35NO8. The smallest absolute Gasteiger partial charge is 0.347 e. The average molecular weight is 622 g/mol. The van der Waals surface area contributed by atoms with E-state index in [1.807, 2.05) is 30.4 Å². The van der Waals surface area contributed by atoms with Crippen molar-refractivity contribution in [3.05, 3.63) is 98.0 Å². The molecule has 2 fully saturated rings. The van der Waals surface area contributed by atoms with Crippen LogP contribution in [0.15, 0.2) is 84.4 Å². The van der Waals surface area contributed by atoms with Crippen LogP contribution in [0.4, 0.5) is 0 Å². The standard InChI is InChI=1S/C20H20O5.C17H15NO3/c1-22-16-8-7-13(10-19(16)23-2)17-11-18-14(20(21)25-17)9-12-5-3-4-6-15(12)24-18;19-17-13-8-11-4-1-2-6-14(11)20-16(13)9-15(21-17)12-5-3-7-18-10-12/h7-11,15H,3-6H2,1-2H3;3,5,7-10,14H,1-2,4,6H2. The van der Waals surface area contributed by atoms with E-state index in [1.165, 1.54) is 24.0 Å². The Labute approximate surface area is 266 Å². The molecule has 2 unspecified atom stereocenters. The van der Waals surface area contributed by atoms with Gasteiger partial charge in [0.05, 0.1) is 14.2 Å². The molecule has 2 atom stereocenters. The lowest BCUT2D eigenvalue weighted by molar-refractivity contribution is 0.198. The van der Waals surface area contributed by atoms with Gasteiger partial charge in [-0.3, -0.25) is 4.98 Å². The van der Waals surface area contributed by atoms with Crippen LogP contribution in [0, 0.1) is 0 Å². The second-order valence-corrected chi connectivity index (χ2v) is 11.8. The molecule has 0 spiro atoms. The first-order valence-corrected chi connectivity index (χ1v) is 15.7. The van der Waals surface area contributed by atoms with Crippen molar-refractivity contribution < 1.29 is 27.8 Å². The number of fused-ring (bicyclic) bond motifs is 4. The molecule has 8 rings (SSSR count). The molecule has 2 saturated carbocycles. The second-order valence-electron chi connectivity index (χ2n) is 11.8. The molecule has 9 heteroatoms. The van der Waals surface area contributed by atoms with Gasteiger partial charge >= 0.3 is 11.3 Å². The Bertz CT molecular complexity index is 1940. The zero-order valence-electron chi connectivity index (χ0n) is 25.9. The van der Waals surface area contributed by atoms with Crippen molar-refractivity contribution in [3.8, 4) is 45.6 Å². The molecule has 0 bridgehead atoms. The van der Waals surface area contributed by atoms with Crippen LogP contribution in [-0.4, -0.2) is 31.4 Å². The van der Waals surface area contributed by atoms with Crippen molar-refractivity contribution in [2.75, 3.05) is 14.2 Å². The molecule has 4 aliphatic rings. The molecule has 0 amide bonds. The zero-order valence-corrected chi connectivity index (χ0v) is 25.9. The van der Waals surface area contributed by atoms with E-state index in [0.717, 1.165) is 49.7 Å². The molecular weight excluding hydrogens is 586 g/mol. The number of methoxy groups -OCH3 is 2. The number of pyridine rings is 1. The summed E-state index contributed by atoms with van der Waals surface area (Å²) in [6.45, 7) is 0. The maximum atomic E-state index is 12.5. The number of benzene rings is 1. The highest BCUT2D eigenvalue weighted by atomic mass is 16.5. The topological polar surface area (TPSA) is 110 Å². The van der Waals surface area contributed by atoms with Crippen LogP contribution in [0.25, 0.3) is 34.8 Å². The molecule has 0 N–H and O–H groups in total. The van der Waals surface area contributed by atoms with Gasteiger partial charge in [0.2, 0.25) is 0 Å². The van der Waals surface area contributed by atoms with Crippen LogP contribution < -0.4 is 30.2 Å². The molecule has 5 heterocycles. The summed E-state index contributed by atoms with van der Waals surface area (Å²) in [6, 6.07) is 12.7. The largest absolute Gasteiger partial charge is 0.493 e. The number of ether oxygens (including phenoxy) is 4. The van der Waals surface area contributed by atoms with Crippen LogP contribution in [0.2, 0.25) is 0 Å². The molecule has 0 radical (unpaired) electrons. The van der Waals surface area contributed by atoms with Crippen LogP contribution in [-0.2, 0) is 0 Å². The van der Waals surface area contributed by atoms with Gasteiger partial charge in [0, 0.05) is 35.7 Å². The lowest BCUT2D eigenvalue weighted by Crippen LogP contribution is -2.27. The van der Waals surface area contributed by atoms with Crippen LogP contribution in [0.5, 0.6) is 23.0 Å². The van der Waals surface area contributed by atoms with Gasteiger partial charge in [-0.25, -0.2) is 9.59 Å². The Balaban J connectivity index is 0.000000149. The molecule has 46 heavy (non-hydrogen) atoms. The molecule has 9 nitrogen and oxygen atoms in total. The zero-order chi connectivity index (χ0) is 31.6. The fraction of sp³-hybridized carbons (Fsp3) is 0.324. The second kappa shape index (κ2) is 12.7. The summed E-state index contributed by atoms with van der Waals surface area (Å²) in [5, 5.41) is 0. The van der Waals surface area contributed by atoms with Gasteiger partial charge in [-0.05, 0) is 105 Å². The highest BCUT2D eigenvalue weighted by Gasteiger charge is 2.29. The van der Waals surface area contributed by atoms with Crippen molar-refractivity contribution in [3.63, 3.8) is 0 Å². The fourth-order valence-corrected chi connectivity index (χ4v) is 6.49. The highest BCUT2D eigenvalue weighted by Crippen LogP contribution is 2.39. The summed E-state index contributed by atoms with van der Waals surface area (Å²) in [5.74, 6) is 3.38. The predicted octanol–water partition coefficient (Wildman–Crippen LogP) is 7.46. The SMILES string of the molecule is COc1ccc(-c2cc3c(c(=O)o2)C=C2CCCCC2O3)cc1OC.O=c1oc(-c2cccnc2)cc2c1C=C1CCCCC1O2. The molecule has 2 aliphatic heterocycles. The van der Waals surface area contributed by atoms with Gasteiger partial charge in [0.15, 0.2) is 11.5 Å². The Morgan fingerprint density at radius 2 is 1.28 bits per heavy atom. The van der Waals surface area contributed by atoms with E-state index in [2.05, 4.69) is 4.98 Å². The molecule has 236 valence electrons. The maximum absolute atomic E-state index is 12.5. The van der Waals surface area contributed by atoms with E-state index >= 15 is 0 Å². The first kappa shape index (κ1) is 29.6. The minimum absolute atomic E-state index is 0.0845. The number of hydrogen-bond donors (Lipinski definition) is 0. The maximum Gasteiger partial charge on any atom is 0.347 e. The average Bonchev–Trinajstić information content (AvgIpc) is 3.10. The molecule has 2 aliphatic carbocycles. The Morgan fingerprint density at radius 3 is 1.83 bits per heavy atom. The highest BCUT2D eigenvalue weighted by molar-refractivity contribution is 5.69. The van der Waals surface area contributed by atoms with E-state index in [-0.39, 0.29) is 23.5 Å². The van der Waals surface area contributed by atoms with Crippen molar-refractivity contribution >= 4 is 12.2 Å². The monoisotopic (exact) mass is 621 g/mol. The van der Waals surface area contributed by atoms with E-state index < -0.39 is 0 Å². The van der Waals surface area contributed by atoms with E-state index in [0.29, 0.717) is 45.6 Å². The van der Waals surface area contributed by atoms with Crippen LogP contribution in [0.1, 0.15) is 62.5 Å². The Morgan fingerprint density at radius 1 is 0.696 bits per heavy atom. The molecule has 0 saturated heterocycles. The summed E-state index contributed by atoms with van der Waals surface area (Å²) in [4.78, 5) is 28.7. The third-order valence-corrected chi connectivity index (χ3v) is 8.90. The quantitative estimate of drug-likeness (QED) is 0.229.